The van der Waals surface area contributed by atoms with E-state index in [2.05, 4.69) is 41.9 Å². The van der Waals surface area contributed by atoms with E-state index >= 15 is 0 Å². The molecule has 0 spiro atoms. The Kier molecular flexibility index (Phi) is 5.46. The number of benzene rings is 1. The molecule has 2 heterocycles. The first-order chi connectivity index (χ1) is 12.0. The van der Waals surface area contributed by atoms with Gasteiger partial charge < -0.3 is 5.32 Å². The van der Waals surface area contributed by atoms with Crippen LogP contribution in [0.15, 0.2) is 35.4 Å². The molecule has 3 rings (SSSR count). The third-order valence-corrected chi connectivity index (χ3v) is 4.76. The number of hydrogen-bond donors (Lipinski definition) is 2. The van der Waals surface area contributed by atoms with Crippen molar-refractivity contribution < 1.29 is 0 Å². The van der Waals surface area contributed by atoms with E-state index < -0.39 is 0 Å². The molecule has 0 aliphatic carbocycles. The third-order valence-electron chi connectivity index (χ3n) is 4.13. The summed E-state index contributed by atoms with van der Waals surface area (Å²) in [6, 6.07) is 7.40. The third kappa shape index (κ3) is 3.58. The number of nitrogens with zero attached hydrogens (tertiary/aromatic N) is 4. The van der Waals surface area contributed by atoms with Crippen molar-refractivity contribution in [2.24, 2.45) is 0 Å². The maximum Gasteiger partial charge on any atom is 0.340 e. The summed E-state index contributed by atoms with van der Waals surface area (Å²) in [5.41, 5.74) is 2.80. The van der Waals surface area contributed by atoms with Gasteiger partial charge in [0.25, 0.3) is 0 Å². The standard InChI is InChI=1S/C17H20ClN5OS/c1-3-19-8-11(2)14-15-16(21-10-20-14)22(17(24)23(15)25)9-12-4-6-13(18)7-5-12/h4-7,10-11,19,25H,3,8-9H2,1-2H3. The van der Waals surface area contributed by atoms with Crippen molar-refractivity contribution in [3.8, 4) is 0 Å². The van der Waals surface area contributed by atoms with Gasteiger partial charge in [0.05, 0.1) is 12.2 Å². The number of hydrogen-bond acceptors (Lipinski definition) is 5. The fourth-order valence-electron chi connectivity index (χ4n) is 2.82. The molecule has 1 aromatic carbocycles. The summed E-state index contributed by atoms with van der Waals surface area (Å²) in [6.45, 7) is 6.17. The molecule has 25 heavy (non-hydrogen) atoms. The minimum Gasteiger partial charge on any atom is -0.316 e. The zero-order valence-electron chi connectivity index (χ0n) is 14.1. The van der Waals surface area contributed by atoms with Gasteiger partial charge in [0.2, 0.25) is 0 Å². The Balaban J connectivity index is 2.07. The van der Waals surface area contributed by atoms with Crippen LogP contribution in [0.1, 0.15) is 31.0 Å². The van der Waals surface area contributed by atoms with Gasteiger partial charge in [-0.1, -0.05) is 50.4 Å². The Morgan fingerprint density at radius 2 is 2.00 bits per heavy atom. The van der Waals surface area contributed by atoms with Crippen LogP contribution in [0.3, 0.4) is 0 Å². The number of fused-ring (bicyclic) bond motifs is 1. The van der Waals surface area contributed by atoms with E-state index in [4.69, 9.17) is 11.6 Å². The maximum absolute atomic E-state index is 12.7. The molecule has 0 aliphatic heterocycles. The monoisotopic (exact) mass is 377 g/mol. The number of thiol groups is 1. The quantitative estimate of drug-likeness (QED) is 0.648. The van der Waals surface area contributed by atoms with Crippen LogP contribution in [-0.2, 0) is 6.54 Å². The SMILES string of the molecule is CCNCC(C)c1ncnc2c1n(S)c(=O)n2Cc1ccc(Cl)cc1. The highest BCUT2D eigenvalue weighted by Crippen LogP contribution is 2.22. The van der Waals surface area contributed by atoms with Crippen LogP contribution in [0.25, 0.3) is 11.2 Å². The van der Waals surface area contributed by atoms with Crippen LogP contribution in [0.5, 0.6) is 0 Å². The van der Waals surface area contributed by atoms with Crippen molar-refractivity contribution in [3.05, 3.63) is 57.4 Å². The van der Waals surface area contributed by atoms with Crippen molar-refractivity contribution in [1.82, 2.24) is 23.8 Å². The molecule has 0 amide bonds. The van der Waals surface area contributed by atoms with E-state index in [0.717, 1.165) is 24.3 Å². The Morgan fingerprint density at radius 3 is 2.68 bits per heavy atom. The molecule has 1 N–H and O–H groups in total. The van der Waals surface area contributed by atoms with Gasteiger partial charge in [-0.2, -0.15) is 0 Å². The molecule has 1 unspecified atom stereocenters. The lowest BCUT2D eigenvalue weighted by Crippen LogP contribution is -2.21. The van der Waals surface area contributed by atoms with Crippen LogP contribution in [0.4, 0.5) is 0 Å². The molecule has 6 nitrogen and oxygen atoms in total. The first-order valence-electron chi connectivity index (χ1n) is 8.13. The maximum atomic E-state index is 12.7. The Bertz CT molecular complexity index is 935. The molecule has 3 aromatic rings. The highest BCUT2D eigenvalue weighted by molar-refractivity contribution is 7.78. The molecule has 1 atom stereocenters. The van der Waals surface area contributed by atoms with Gasteiger partial charge in [-0.15, -0.1) is 0 Å². The predicted molar refractivity (Wildman–Crippen MR) is 104 cm³/mol. The zero-order chi connectivity index (χ0) is 18.0. The Morgan fingerprint density at radius 1 is 1.28 bits per heavy atom. The van der Waals surface area contributed by atoms with Gasteiger partial charge in [0, 0.05) is 17.5 Å². The fraction of sp³-hybridized carbons (Fsp3) is 0.353. The first-order valence-corrected chi connectivity index (χ1v) is 8.91. The largest absolute Gasteiger partial charge is 0.340 e. The van der Waals surface area contributed by atoms with Gasteiger partial charge in [-0.05, 0) is 24.2 Å². The van der Waals surface area contributed by atoms with E-state index in [0.29, 0.717) is 22.7 Å². The van der Waals surface area contributed by atoms with Crippen LogP contribution in [-0.4, -0.2) is 31.6 Å². The van der Waals surface area contributed by atoms with Crippen LogP contribution < -0.4 is 11.0 Å². The average molecular weight is 378 g/mol. The minimum absolute atomic E-state index is 0.134. The van der Waals surface area contributed by atoms with Crippen molar-refractivity contribution in [2.75, 3.05) is 13.1 Å². The van der Waals surface area contributed by atoms with E-state index in [9.17, 15) is 4.79 Å². The molecule has 8 heteroatoms. The summed E-state index contributed by atoms with van der Waals surface area (Å²) in [4.78, 5) is 21.4. The van der Waals surface area contributed by atoms with E-state index in [1.807, 2.05) is 12.1 Å². The summed E-state index contributed by atoms with van der Waals surface area (Å²) in [7, 11) is 0. The predicted octanol–water partition coefficient (Wildman–Crippen LogP) is 2.70. The van der Waals surface area contributed by atoms with E-state index in [1.54, 1.807) is 16.7 Å². The summed E-state index contributed by atoms with van der Waals surface area (Å²) in [6.07, 6.45) is 1.51. The normalized spacial score (nSPS) is 12.6. The van der Waals surface area contributed by atoms with Crippen molar-refractivity contribution in [2.45, 2.75) is 26.3 Å². The lowest BCUT2D eigenvalue weighted by atomic mass is 10.1. The number of halogens is 1. The van der Waals surface area contributed by atoms with Crippen molar-refractivity contribution >= 4 is 35.6 Å². The summed E-state index contributed by atoms with van der Waals surface area (Å²) in [5.74, 6) is 0.134. The zero-order valence-corrected chi connectivity index (χ0v) is 15.8. The van der Waals surface area contributed by atoms with Gasteiger partial charge in [0.15, 0.2) is 5.65 Å². The summed E-state index contributed by atoms with van der Waals surface area (Å²) in [5, 5.41) is 3.97. The van der Waals surface area contributed by atoms with E-state index in [1.165, 1.54) is 10.3 Å². The number of rotatable bonds is 6. The average Bonchev–Trinajstić information content (AvgIpc) is 2.86. The molecule has 0 aliphatic rings. The second-order valence-corrected chi connectivity index (χ2v) is 6.78. The Labute approximate surface area is 156 Å². The number of imidazole rings is 1. The molecule has 0 bridgehead atoms. The lowest BCUT2D eigenvalue weighted by molar-refractivity contribution is 0.624. The molecular weight excluding hydrogens is 358 g/mol. The van der Waals surface area contributed by atoms with Crippen LogP contribution in [0.2, 0.25) is 5.02 Å². The van der Waals surface area contributed by atoms with E-state index in [-0.39, 0.29) is 11.6 Å². The molecular formula is C17H20ClN5OS. The van der Waals surface area contributed by atoms with Gasteiger partial charge in [0.1, 0.15) is 11.8 Å². The second-order valence-electron chi connectivity index (χ2n) is 5.95. The molecule has 0 fully saturated rings. The highest BCUT2D eigenvalue weighted by Gasteiger charge is 2.20. The highest BCUT2D eigenvalue weighted by atomic mass is 35.5. The van der Waals surface area contributed by atoms with Crippen LogP contribution in [0, 0.1) is 0 Å². The van der Waals surface area contributed by atoms with Gasteiger partial charge in [-0.25, -0.2) is 18.7 Å². The van der Waals surface area contributed by atoms with Crippen molar-refractivity contribution in [1.29, 1.82) is 0 Å². The van der Waals surface area contributed by atoms with Crippen LogP contribution >= 0.6 is 24.4 Å². The topological polar surface area (TPSA) is 64.7 Å². The van der Waals surface area contributed by atoms with Gasteiger partial charge in [-0.3, -0.25) is 4.57 Å². The smallest absolute Gasteiger partial charge is 0.316 e. The Hall–Kier alpha value is -1.83. The molecule has 0 radical (unpaired) electrons. The fourth-order valence-corrected chi connectivity index (χ4v) is 3.24. The van der Waals surface area contributed by atoms with Gasteiger partial charge >= 0.3 is 5.69 Å². The lowest BCUT2D eigenvalue weighted by Gasteiger charge is -2.12. The molecule has 0 saturated carbocycles. The molecule has 2 aromatic heterocycles. The number of likely N-dealkylation sites (N-methyl/N-ethyl adjacent to an activating group) is 1. The summed E-state index contributed by atoms with van der Waals surface area (Å²) >= 11 is 10.3. The van der Waals surface area contributed by atoms with Crippen molar-refractivity contribution in [3.63, 3.8) is 0 Å². The number of aromatic nitrogens is 4. The number of nitrogens with one attached hydrogen (secondary N) is 1. The molecule has 0 saturated heterocycles. The second kappa shape index (κ2) is 7.59. The summed E-state index contributed by atoms with van der Waals surface area (Å²) < 4.78 is 2.94. The molecule has 132 valence electrons. The minimum atomic E-state index is -0.231. The first kappa shape index (κ1) is 18.0.